The molecule has 1 aliphatic rings. The first-order valence-electron chi connectivity index (χ1n) is 5.03. The smallest absolute Gasteiger partial charge is 0.373 e. The van der Waals surface area contributed by atoms with Crippen LogP contribution in [0.3, 0.4) is 0 Å². The van der Waals surface area contributed by atoms with Crippen LogP contribution in [-0.4, -0.2) is 31.4 Å². The molecule has 1 aromatic heterocycles. The highest BCUT2D eigenvalue weighted by atomic mass is 16.5. The summed E-state index contributed by atoms with van der Waals surface area (Å²) in [4.78, 5) is 11.2. The van der Waals surface area contributed by atoms with Gasteiger partial charge in [0.25, 0.3) is 0 Å². The molecule has 1 N–H and O–H groups in total. The summed E-state index contributed by atoms with van der Waals surface area (Å²) in [5.41, 5.74) is -1.01. The number of ether oxygens (including phenoxy) is 2. The van der Waals surface area contributed by atoms with Gasteiger partial charge in [-0.3, -0.25) is 0 Å². The van der Waals surface area contributed by atoms with Crippen molar-refractivity contribution < 1.29 is 23.8 Å². The lowest BCUT2D eigenvalue weighted by Crippen LogP contribution is -2.45. The minimum absolute atomic E-state index is 0.0525. The average Bonchev–Trinajstić information content (AvgIpc) is 2.73. The summed E-state index contributed by atoms with van der Waals surface area (Å²) in [7, 11) is 2.88. The molecule has 0 aromatic carbocycles. The monoisotopic (exact) mass is 226 g/mol. The van der Waals surface area contributed by atoms with E-state index in [0.717, 1.165) is 0 Å². The number of esters is 1. The van der Waals surface area contributed by atoms with E-state index in [0.29, 0.717) is 18.6 Å². The maximum absolute atomic E-state index is 11.2. The summed E-state index contributed by atoms with van der Waals surface area (Å²) in [6.45, 7) is 0. The van der Waals surface area contributed by atoms with Crippen LogP contribution in [0.1, 0.15) is 29.2 Å². The number of rotatable bonds is 3. The highest BCUT2D eigenvalue weighted by molar-refractivity contribution is 5.86. The van der Waals surface area contributed by atoms with Gasteiger partial charge in [0.1, 0.15) is 11.4 Å². The van der Waals surface area contributed by atoms with Gasteiger partial charge in [-0.15, -0.1) is 0 Å². The van der Waals surface area contributed by atoms with Crippen LogP contribution in [0.4, 0.5) is 0 Å². The largest absolute Gasteiger partial charge is 0.463 e. The second-order valence-electron chi connectivity index (χ2n) is 3.95. The van der Waals surface area contributed by atoms with Crippen molar-refractivity contribution in [1.29, 1.82) is 0 Å². The lowest BCUT2D eigenvalue weighted by molar-refractivity contribution is -0.143. The zero-order valence-corrected chi connectivity index (χ0v) is 9.23. The highest BCUT2D eigenvalue weighted by Gasteiger charge is 2.47. The van der Waals surface area contributed by atoms with Crippen molar-refractivity contribution >= 4 is 5.97 Å². The van der Waals surface area contributed by atoms with Gasteiger partial charge in [-0.25, -0.2) is 4.79 Å². The summed E-state index contributed by atoms with van der Waals surface area (Å²) < 4.78 is 14.9. The van der Waals surface area contributed by atoms with Gasteiger partial charge in [0.15, 0.2) is 0 Å². The minimum Gasteiger partial charge on any atom is -0.463 e. The summed E-state index contributed by atoms with van der Waals surface area (Å²) in [6, 6.07) is 3.09. The van der Waals surface area contributed by atoms with Gasteiger partial charge in [-0.05, 0) is 12.1 Å². The topological polar surface area (TPSA) is 68.9 Å². The van der Waals surface area contributed by atoms with Crippen LogP contribution < -0.4 is 0 Å². The first-order valence-corrected chi connectivity index (χ1v) is 5.03. The summed E-state index contributed by atoms with van der Waals surface area (Å²) in [5.74, 6) is -0.0505. The minimum atomic E-state index is -1.01. The van der Waals surface area contributed by atoms with Crippen LogP contribution in [0.15, 0.2) is 16.5 Å². The van der Waals surface area contributed by atoms with Gasteiger partial charge in [0.05, 0.1) is 13.2 Å². The molecule has 0 unspecified atom stereocenters. The molecule has 1 heterocycles. The van der Waals surface area contributed by atoms with Crippen LogP contribution in [0.25, 0.3) is 0 Å². The number of hydrogen-bond donors (Lipinski definition) is 1. The lowest BCUT2D eigenvalue weighted by Gasteiger charge is -2.40. The van der Waals surface area contributed by atoms with E-state index in [4.69, 9.17) is 9.15 Å². The van der Waals surface area contributed by atoms with E-state index in [-0.39, 0.29) is 11.9 Å². The van der Waals surface area contributed by atoms with E-state index in [1.54, 1.807) is 13.2 Å². The Morgan fingerprint density at radius 2 is 2.19 bits per heavy atom. The van der Waals surface area contributed by atoms with E-state index in [2.05, 4.69) is 4.74 Å². The Kier molecular flexibility index (Phi) is 2.73. The second-order valence-corrected chi connectivity index (χ2v) is 3.95. The Bertz CT molecular complexity index is 389. The number of furan rings is 1. The molecule has 1 saturated carbocycles. The summed E-state index contributed by atoms with van der Waals surface area (Å²) in [5, 5.41) is 10.1. The van der Waals surface area contributed by atoms with Crippen LogP contribution >= 0.6 is 0 Å². The Morgan fingerprint density at radius 3 is 2.75 bits per heavy atom. The average molecular weight is 226 g/mol. The van der Waals surface area contributed by atoms with Gasteiger partial charge in [0.2, 0.25) is 5.76 Å². The molecule has 0 amide bonds. The molecular formula is C11H14O5. The Morgan fingerprint density at radius 1 is 1.50 bits per heavy atom. The molecule has 1 aromatic rings. The third kappa shape index (κ3) is 1.72. The Labute approximate surface area is 93.0 Å². The van der Waals surface area contributed by atoms with Crippen molar-refractivity contribution in [3.05, 3.63) is 23.7 Å². The lowest BCUT2D eigenvalue weighted by atomic mass is 9.76. The predicted octanol–water partition coefficient (Wildman–Crippen LogP) is 1.06. The third-order valence-electron chi connectivity index (χ3n) is 2.92. The molecule has 1 aliphatic carbocycles. The van der Waals surface area contributed by atoms with E-state index in [1.165, 1.54) is 13.2 Å². The first-order chi connectivity index (χ1) is 7.59. The molecule has 0 saturated heterocycles. The predicted molar refractivity (Wildman–Crippen MR) is 54.0 cm³/mol. The van der Waals surface area contributed by atoms with Gasteiger partial charge in [-0.1, -0.05) is 0 Å². The molecule has 2 rings (SSSR count). The van der Waals surface area contributed by atoms with Gasteiger partial charge < -0.3 is 19.0 Å². The fourth-order valence-electron chi connectivity index (χ4n) is 1.86. The van der Waals surface area contributed by atoms with Crippen molar-refractivity contribution in [2.24, 2.45) is 0 Å². The molecule has 16 heavy (non-hydrogen) atoms. The van der Waals surface area contributed by atoms with Gasteiger partial charge >= 0.3 is 5.97 Å². The van der Waals surface area contributed by atoms with Crippen LogP contribution in [-0.2, 0) is 15.1 Å². The van der Waals surface area contributed by atoms with Gasteiger partial charge in [0, 0.05) is 20.0 Å². The zero-order chi connectivity index (χ0) is 11.8. The third-order valence-corrected chi connectivity index (χ3v) is 2.92. The number of carbonyl (C=O) groups excluding carboxylic acids is 1. The molecule has 88 valence electrons. The molecule has 0 bridgehead atoms. The summed E-state index contributed by atoms with van der Waals surface area (Å²) >= 11 is 0. The zero-order valence-electron chi connectivity index (χ0n) is 9.23. The fourth-order valence-corrected chi connectivity index (χ4v) is 1.86. The van der Waals surface area contributed by atoms with Crippen molar-refractivity contribution in [1.82, 2.24) is 0 Å². The van der Waals surface area contributed by atoms with Crippen LogP contribution in [0.5, 0.6) is 0 Å². The fraction of sp³-hybridized carbons (Fsp3) is 0.545. The Balaban J connectivity index is 2.11. The van der Waals surface area contributed by atoms with E-state index >= 15 is 0 Å². The van der Waals surface area contributed by atoms with E-state index in [9.17, 15) is 9.90 Å². The van der Waals surface area contributed by atoms with Crippen molar-refractivity contribution in [3.8, 4) is 0 Å². The molecule has 0 aliphatic heterocycles. The molecule has 0 atom stereocenters. The number of aliphatic hydroxyl groups is 1. The SMILES string of the molecule is COC(=O)c1ccc(C2(O)CC(OC)C2)o1. The van der Waals surface area contributed by atoms with E-state index in [1.807, 2.05) is 0 Å². The van der Waals surface area contributed by atoms with Crippen LogP contribution in [0.2, 0.25) is 0 Å². The van der Waals surface area contributed by atoms with E-state index < -0.39 is 11.6 Å². The first kappa shape index (κ1) is 11.2. The molecule has 5 heteroatoms. The molecule has 5 nitrogen and oxygen atoms in total. The Hall–Kier alpha value is -1.33. The highest BCUT2D eigenvalue weighted by Crippen LogP contribution is 2.43. The number of carbonyl (C=O) groups is 1. The van der Waals surface area contributed by atoms with Crippen LogP contribution in [0, 0.1) is 0 Å². The number of hydrogen-bond acceptors (Lipinski definition) is 5. The normalized spacial score (nSPS) is 28.6. The summed E-state index contributed by atoms with van der Waals surface area (Å²) in [6.07, 6.45) is 1.02. The van der Waals surface area contributed by atoms with Gasteiger partial charge in [-0.2, -0.15) is 0 Å². The van der Waals surface area contributed by atoms with Crippen molar-refractivity contribution in [2.45, 2.75) is 24.5 Å². The van der Waals surface area contributed by atoms with Crippen molar-refractivity contribution in [3.63, 3.8) is 0 Å². The second kappa shape index (κ2) is 3.92. The molecular weight excluding hydrogens is 212 g/mol. The molecule has 0 radical (unpaired) electrons. The number of methoxy groups -OCH3 is 2. The quantitative estimate of drug-likeness (QED) is 0.780. The standard InChI is InChI=1S/C11H14O5/c1-14-7-5-11(13,6-7)9-4-3-8(16-9)10(12)15-2/h3-4,7,13H,5-6H2,1-2H3. The van der Waals surface area contributed by atoms with Crippen molar-refractivity contribution in [2.75, 3.05) is 14.2 Å². The molecule has 0 spiro atoms. The maximum atomic E-state index is 11.2. The maximum Gasteiger partial charge on any atom is 0.373 e. The molecule has 1 fully saturated rings.